The highest BCUT2D eigenvalue weighted by atomic mass is 16.3. The van der Waals surface area contributed by atoms with Crippen molar-refractivity contribution in [2.24, 2.45) is 0 Å². The van der Waals surface area contributed by atoms with Gasteiger partial charge in [-0.2, -0.15) is 0 Å². The van der Waals surface area contributed by atoms with Crippen molar-refractivity contribution in [3.05, 3.63) is 60.1 Å². The molecule has 2 heterocycles. The van der Waals surface area contributed by atoms with Gasteiger partial charge in [-0.05, 0) is 37.1 Å². The molecule has 1 aliphatic rings. The van der Waals surface area contributed by atoms with Crippen LogP contribution < -0.4 is 5.32 Å². The fourth-order valence-corrected chi connectivity index (χ4v) is 2.84. The van der Waals surface area contributed by atoms with E-state index in [1.165, 1.54) is 5.56 Å². The van der Waals surface area contributed by atoms with Crippen molar-refractivity contribution >= 4 is 5.91 Å². The molecule has 1 N–H and O–H groups in total. The number of likely N-dealkylation sites (tertiary alicyclic amines) is 1. The molecular formula is C17H20N2O2. The van der Waals surface area contributed by atoms with E-state index < -0.39 is 0 Å². The zero-order chi connectivity index (χ0) is 14.5. The third-order valence-electron chi connectivity index (χ3n) is 3.91. The fraction of sp³-hybridized carbons (Fsp3) is 0.353. The lowest BCUT2D eigenvalue weighted by atomic mass is 10.1. The molecule has 0 saturated carbocycles. The molecule has 2 aromatic rings. The first kappa shape index (κ1) is 13.9. The van der Waals surface area contributed by atoms with Crippen LogP contribution >= 0.6 is 0 Å². The Kier molecular flexibility index (Phi) is 4.36. The molecule has 1 fully saturated rings. The molecule has 0 radical (unpaired) electrons. The topological polar surface area (TPSA) is 45.5 Å². The zero-order valence-corrected chi connectivity index (χ0v) is 12.0. The van der Waals surface area contributed by atoms with E-state index in [1.54, 1.807) is 6.26 Å². The van der Waals surface area contributed by atoms with E-state index in [4.69, 9.17) is 4.42 Å². The smallest absolute Gasteiger partial charge is 0.237 e. The summed E-state index contributed by atoms with van der Waals surface area (Å²) in [6.07, 6.45) is 3.63. The summed E-state index contributed by atoms with van der Waals surface area (Å²) in [7, 11) is 0. The van der Waals surface area contributed by atoms with Gasteiger partial charge in [0.2, 0.25) is 5.91 Å². The summed E-state index contributed by atoms with van der Waals surface area (Å²) >= 11 is 0. The van der Waals surface area contributed by atoms with Crippen LogP contribution in [0.15, 0.2) is 53.1 Å². The normalized spacial score (nSPS) is 18.8. The fourth-order valence-electron chi connectivity index (χ4n) is 2.84. The highest BCUT2D eigenvalue weighted by molar-refractivity contribution is 5.81. The van der Waals surface area contributed by atoms with Crippen LogP contribution in [0.2, 0.25) is 0 Å². The van der Waals surface area contributed by atoms with Crippen molar-refractivity contribution in [3.8, 4) is 0 Å². The summed E-state index contributed by atoms with van der Waals surface area (Å²) in [5.41, 5.74) is 1.25. The average Bonchev–Trinajstić information content (AvgIpc) is 3.17. The van der Waals surface area contributed by atoms with Gasteiger partial charge >= 0.3 is 0 Å². The Morgan fingerprint density at radius 3 is 2.86 bits per heavy atom. The first-order valence-electron chi connectivity index (χ1n) is 7.41. The predicted molar refractivity (Wildman–Crippen MR) is 80.4 cm³/mol. The molecule has 21 heavy (non-hydrogen) atoms. The summed E-state index contributed by atoms with van der Waals surface area (Å²) < 4.78 is 5.24. The number of carbonyl (C=O) groups excluding carboxylic acids is 1. The van der Waals surface area contributed by atoms with Gasteiger partial charge in [0, 0.05) is 6.54 Å². The largest absolute Gasteiger partial charge is 0.467 e. The minimum atomic E-state index is -0.0276. The maximum atomic E-state index is 12.3. The molecule has 3 rings (SSSR count). The quantitative estimate of drug-likeness (QED) is 0.918. The monoisotopic (exact) mass is 284 g/mol. The second kappa shape index (κ2) is 6.59. The van der Waals surface area contributed by atoms with E-state index in [1.807, 2.05) is 30.3 Å². The Bertz CT molecular complexity index is 566. The van der Waals surface area contributed by atoms with Crippen molar-refractivity contribution in [3.63, 3.8) is 0 Å². The second-order valence-electron chi connectivity index (χ2n) is 5.41. The molecule has 1 aliphatic heterocycles. The summed E-state index contributed by atoms with van der Waals surface area (Å²) in [6.45, 7) is 2.27. The van der Waals surface area contributed by atoms with Crippen LogP contribution in [0.1, 0.15) is 24.2 Å². The number of benzene rings is 1. The summed E-state index contributed by atoms with van der Waals surface area (Å²) in [6, 6.07) is 14.0. The number of hydrogen-bond donors (Lipinski definition) is 1. The van der Waals surface area contributed by atoms with Crippen LogP contribution in [0.25, 0.3) is 0 Å². The third-order valence-corrected chi connectivity index (χ3v) is 3.91. The maximum Gasteiger partial charge on any atom is 0.237 e. The van der Waals surface area contributed by atoms with Crippen LogP contribution in [-0.4, -0.2) is 23.4 Å². The molecule has 1 amide bonds. The molecule has 0 spiro atoms. The van der Waals surface area contributed by atoms with Gasteiger partial charge in [-0.3, -0.25) is 9.69 Å². The standard InChI is InChI=1S/C17H20N2O2/c20-17(18-12-15-8-5-11-21-15)16-9-4-10-19(16)13-14-6-2-1-3-7-14/h1-3,5-8,11,16H,4,9-10,12-13H2,(H,18,20)/t16-/m1/s1. The summed E-state index contributed by atoms with van der Waals surface area (Å²) in [5, 5.41) is 2.97. The highest BCUT2D eigenvalue weighted by Crippen LogP contribution is 2.20. The molecule has 4 heteroatoms. The van der Waals surface area contributed by atoms with Crippen molar-refractivity contribution in [1.29, 1.82) is 0 Å². The number of nitrogens with one attached hydrogen (secondary N) is 1. The molecule has 0 unspecified atom stereocenters. The number of nitrogens with zero attached hydrogens (tertiary/aromatic N) is 1. The molecule has 4 nitrogen and oxygen atoms in total. The maximum absolute atomic E-state index is 12.3. The Morgan fingerprint density at radius 2 is 2.10 bits per heavy atom. The van der Waals surface area contributed by atoms with Crippen LogP contribution in [0.4, 0.5) is 0 Å². The molecule has 110 valence electrons. The van der Waals surface area contributed by atoms with Crippen molar-refractivity contribution in [2.75, 3.05) is 6.54 Å². The lowest BCUT2D eigenvalue weighted by Gasteiger charge is -2.23. The molecule has 1 aromatic carbocycles. The highest BCUT2D eigenvalue weighted by Gasteiger charge is 2.30. The van der Waals surface area contributed by atoms with Gasteiger partial charge in [0.1, 0.15) is 5.76 Å². The molecule has 0 bridgehead atoms. The Balaban J connectivity index is 1.57. The van der Waals surface area contributed by atoms with Crippen LogP contribution in [0, 0.1) is 0 Å². The minimum Gasteiger partial charge on any atom is -0.467 e. The summed E-state index contributed by atoms with van der Waals surface area (Å²) in [4.78, 5) is 14.6. The van der Waals surface area contributed by atoms with E-state index in [0.717, 1.165) is 31.7 Å². The van der Waals surface area contributed by atoms with E-state index in [2.05, 4.69) is 22.3 Å². The number of hydrogen-bond acceptors (Lipinski definition) is 3. The number of carbonyl (C=O) groups is 1. The van der Waals surface area contributed by atoms with Crippen LogP contribution in [0.3, 0.4) is 0 Å². The SMILES string of the molecule is O=C(NCc1ccco1)[C@H]1CCCN1Cc1ccccc1. The number of rotatable bonds is 5. The van der Waals surface area contributed by atoms with Gasteiger partial charge in [-0.15, -0.1) is 0 Å². The van der Waals surface area contributed by atoms with Gasteiger partial charge in [0.05, 0.1) is 18.8 Å². The van der Waals surface area contributed by atoms with Gasteiger partial charge in [-0.1, -0.05) is 30.3 Å². The lowest BCUT2D eigenvalue weighted by molar-refractivity contribution is -0.125. The van der Waals surface area contributed by atoms with E-state index in [0.29, 0.717) is 6.54 Å². The first-order chi connectivity index (χ1) is 10.3. The second-order valence-corrected chi connectivity index (χ2v) is 5.41. The third kappa shape index (κ3) is 3.52. The summed E-state index contributed by atoms with van der Waals surface area (Å²) in [5.74, 6) is 0.885. The Labute approximate surface area is 124 Å². The molecule has 0 aliphatic carbocycles. The minimum absolute atomic E-state index is 0.0276. The van der Waals surface area contributed by atoms with Crippen molar-refractivity contribution in [1.82, 2.24) is 10.2 Å². The number of furan rings is 1. The predicted octanol–water partition coefficient (Wildman–Crippen LogP) is 2.56. The lowest BCUT2D eigenvalue weighted by Crippen LogP contribution is -2.42. The Morgan fingerprint density at radius 1 is 1.24 bits per heavy atom. The van der Waals surface area contributed by atoms with Gasteiger partial charge < -0.3 is 9.73 Å². The molecule has 1 saturated heterocycles. The van der Waals surface area contributed by atoms with E-state index >= 15 is 0 Å². The van der Waals surface area contributed by atoms with Gasteiger partial charge in [0.15, 0.2) is 0 Å². The van der Waals surface area contributed by atoms with Gasteiger partial charge in [0.25, 0.3) is 0 Å². The average molecular weight is 284 g/mol. The molecule has 1 aromatic heterocycles. The zero-order valence-electron chi connectivity index (χ0n) is 12.0. The van der Waals surface area contributed by atoms with Crippen LogP contribution in [-0.2, 0) is 17.9 Å². The van der Waals surface area contributed by atoms with E-state index in [9.17, 15) is 4.79 Å². The molecule has 1 atom stereocenters. The Hall–Kier alpha value is -2.07. The first-order valence-corrected chi connectivity index (χ1v) is 7.41. The molecular weight excluding hydrogens is 264 g/mol. The van der Waals surface area contributed by atoms with Gasteiger partial charge in [-0.25, -0.2) is 0 Å². The van der Waals surface area contributed by atoms with Crippen molar-refractivity contribution in [2.45, 2.75) is 32.0 Å². The van der Waals surface area contributed by atoms with Crippen molar-refractivity contribution < 1.29 is 9.21 Å². The number of amides is 1. The van der Waals surface area contributed by atoms with Crippen LogP contribution in [0.5, 0.6) is 0 Å². The van der Waals surface area contributed by atoms with E-state index in [-0.39, 0.29) is 11.9 Å².